The lowest BCUT2D eigenvalue weighted by Gasteiger charge is -2.34. The lowest BCUT2D eigenvalue weighted by atomic mass is 9.68. The molecule has 0 spiro atoms. The van der Waals surface area contributed by atoms with E-state index in [2.05, 4.69) is 54.6 Å². The molecule has 0 radical (unpaired) electrons. The van der Waals surface area contributed by atoms with E-state index in [4.69, 9.17) is 13.8 Å². The first kappa shape index (κ1) is 32.3. The summed E-state index contributed by atoms with van der Waals surface area (Å²) in [5.74, 6) is 0.341. The van der Waals surface area contributed by atoms with Crippen LogP contribution in [0.4, 0.5) is 17.1 Å². The zero-order valence-electron chi connectivity index (χ0n) is 38.3. The Kier molecular flexibility index (Phi) is 7.21. The Morgan fingerprint density at radius 3 is 1.80 bits per heavy atom. The molecule has 0 amide bonds. The molecule has 1 aliphatic carbocycles. The molecule has 1 aliphatic rings. The quantitative estimate of drug-likeness (QED) is 0.161. The summed E-state index contributed by atoms with van der Waals surface area (Å²) in [7, 11) is 0. The standard InChI is InChI=1S/C60H38N2O2/c1-3-15-39(16-4-1)40-27-32-44(33-28-40)62(45-34-30-43(31-35-45)60(42-17-5-2-6-18-42)52-22-10-7-19-46(52)47-20-8-11-23-53(47)60)55-38-50-41(29-36-49-48-21-9-13-25-56(48)63-58(49)50)37-51(55)59-61-54-24-12-14-26-57(54)64-59/h1-38H/i30D,31D,34D,35D. The van der Waals surface area contributed by atoms with E-state index >= 15 is 0 Å². The number of hydrogen-bond donors (Lipinski definition) is 0. The van der Waals surface area contributed by atoms with E-state index in [9.17, 15) is 5.48 Å². The average Bonchev–Trinajstić information content (AvgIpc) is 4.09. The molecular formula is C60H38N2O2. The molecule has 0 bridgehead atoms. The Bertz CT molecular complexity index is 3870. The van der Waals surface area contributed by atoms with Crippen molar-refractivity contribution in [2.24, 2.45) is 0 Å². The minimum Gasteiger partial charge on any atom is -0.455 e. The number of para-hydroxylation sites is 3. The van der Waals surface area contributed by atoms with Crippen molar-refractivity contribution in [1.82, 2.24) is 4.98 Å². The minimum absolute atomic E-state index is 0.0764. The maximum Gasteiger partial charge on any atom is 0.229 e. The fraction of sp³-hybridized carbons (Fsp3) is 0.0167. The number of benzene rings is 10. The number of fused-ring (bicyclic) bond motifs is 9. The topological polar surface area (TPSA) is 42.4 Å². The van der Waals surface area contributed by atoms with Crippen molar-refractivity contribution in [2.75, 3.05) is 4.90 Å². The predicted octanol–water partition coefficient (Wildman–Crippen LogP) is 16.0. The van der Waals surface area contributed by atoms with Crippen LogP contribution in [-0.4, -0.2) is 4.98 Å². The second-order valence-electron chi connectivity index (χ2n) is 16.3. The van der Waals surface area contributed by atoms with E-state index < -0.39 is 5.41 Å². The number of nitrogens with zero attached hydrogens (tertiary/aromatic N) is 2. The molecule has 10 aromatic carbocycles. The Morgan fingerprint density at radius 2 is 1.06 bits per heavy atom. The summed E-state index contributed by atoms with van der Waals surface area (Å²) in [6.07, 6.45) is 0. The van der Waals surface area contributed by atoms with Gasteiger partial charge in [0.05, 0.1) is 22.1 Å². The molecular weight excluding hydrogens is 781 g/mol. The summed E-state index contributed by atoms with van der Waals surface area (Å²) >= 11 is 0. The van der Waals surface area contributed by atoms with Gasteiger partial charge >= 0.3 is 0 Å². The van der Waals surface area contributed by atoms with Crippen LogP contribution >= 0.6 is 0 Å². The number of hydrogen-bond acceptors (Lipinski definition) is 4. The highest BCUT2D eigenvalue weighted by Crippen LogP contribution is 2.56. The maximum atomic E-state index is 10.3. The molecule has 0 atom stereocenters. The Morgan fingerprint density at radius 1 is 0.438 bits per heavy atom. The van der Waals surface area contributed by atoms with E-state index in [0.29, 0.717) is 39.5 Å². The van der Waals surface area contributed by atoms with Crippen LogP contribution in [0.15, 0.2) is 239 Å². The lowest BCUT2D eigenvalue weighted by molar-refractivity contribution is 0.620. The maximum absolute atomic E-state index is 10.3. The number of rotatable bonds is 7. The summed E-state index contributed by atoms with van der Waals surface area (Å²) < 4.78 is 54.4. The van der Waals surface area contributed by atoms with Crippen LogP contribution in [-0.2, 0) is 5.41 Å². The van der Waals surface area contributed by atoms with Gasteiger partial charge in [0.25, 0.3) is 0 Å². The van der Waals surface area contributed by atoms with Crippen LogP contribution in [0.3, 0.4) is 0 Å². The number of furan rings is 1. The van der Waals surface area contributed by atoms with Gasteiger partial charge in [0.1, 0.15) is 16.7 Å². The van der Waals surface area contributed by atoms with Crippen molar-refractivity contribution in [3.63, 3.8) is 0 Å². The lowest BCUT2D eigenvalue weighted by Crippen LogP contribution is -2.28. The van der Waals surface area contributed by atoms with Gasteiger partial charge in [-0.3, -0.25) is 0 Å². The third-order valence-corrected chi connectivity index (χ3v) is 12.8. The summed E-state index contributed by atoms with van der Waals surface area (Å²) in [5, 5.41) is 3.60. The van der Waals surface area contributed by atoms with Gasteiger partial charge in [0.15, 0.2) is 5.58 Å². The fourth-order valence-corrected chi connectivity index (χ4v) is 9.96. The van der Waals surface area contributed by atoms with Crippen LogP contribution in [0, 0.1) is 0 Å². The van der Waals surface area contributed by atoms with Crippen molar-refractivity contribution >= 4 is 60.9 Å². The molecule has 2 heterocycles. The van der Waals surface area contributed by atoms with Gasteiger partial charge in [-0.05, 0) is 111 Å². The zero-order chi connectivity index (χ0) is 45.7. The summed E-state index contributed by atoms with van der Waals surface area (Å²) in [5.41, 5.74) is 10.3. The normalized spacial score (nSPS) is 13.7. The van der Waals surface area contributed by atoms with Crippen LogP contribution in [0.2, 0.25) is 0 Å². The molecule has 64 heavy (non-hydrogen) atoms. The number of anilines is 3. The first-order valence-electron chi connectivity index (χ1n) is 23.5. The molecule has 2 aromatic heterocycles. The third-order valence-electron chi connectivity index (χ3n) is 12.8. The molecule has 300 valence electrons. The van der Waals surface area contributed by atoms with Gasteiger partial charge < -0.3 is 13.7 Å². The van der Waals surface area contributed by atoms with Gasteiger partial charge in [-0.1, -0.05) is 170 Å². The fourth-order valence-electron chi connectivity index (χ4n) is 9.96. The van der Waals surface area contributed by atoms with Crippen molar-refractivity contribution in [1.29, 1.82) is 0 Å². The average molecular weight is 823 g/mol. The molecule has 4 nitrogen and oxygen atoms in total. The van der Waals surface area contributed by atoms with Gasteiger partial charge in [-0.2, -0.15) is 0 Å². The van der Waals surface area contributed by atoms with Gasteiger partial charge in [0.2, 0.25) is 5.89 Å². The largest absolute Gasteiger partial charge is 0.455 e. The van der Waals surface area contributed by atoms with Gasteiger partial charge in [0, 0.05) is 27.5 Å². The smallest absolute Gasteiger partial charge is 0.229 e. The number of oxazole rings is 1. The Labute approximate surface area is 375 Å². The van der Waals surface area contributed by atoms with E-state index in [1.807, 2.05) is 157 Å². The zero-order valence-corrected chi connectivity index (χ0v) is 34.3. The molecule has 0 aliphatic heterocycles. The van der Waals surface area contributed by atoms with Crippen LogP contribution < -0.4 is 4.90 Å². The van der Waals surface area contributed by atoms with Crippen molar-refractivity contribution in [3.05, 3.63) is 253 Å². The highest BCUT2D eigenvalue weighted by Gasteiger charge is 2.45. The summed E-state index contributed by atoms with van der Waals surface area (Å²) in [6.45, 7) is 0. The van der Waals surface area contributed by atoms with Crippen molar-refractivity contribution < 1.29 is 14.3 Å². The molecule has 0 N–H and O–H groups in total. The monoisotopic (exact) mass is 822 g/mol. The van der Waals surface area contributed by atoms with E-state index in [1.165, 1.54) is 0 Å². The molecule has 0 fully saturated rings. The summed E-state index contributed by atoms with van der Waals surface area (Å²) in [4.78, 5) is 6.86. The molecule has 0 saturated heterocycles. The first-order chi connectivity index (χ1) is 33.4. The van der Waals surface area contributed by atoms with Crippen LogP contribution in [0.25, 0.3) is 77.5 Å². The van der Waals surface area contributed by atoms with E-state index in [0.717, 1.165) is 66.1 Å². The first-order valence-corrected chi connectivity index (χ1v) is 21.5. The Hall–Kier alpha value is -8.47. The SMILES string of the molecule is [2H]c1c([2H])c(C2(c3ccccc3)c3ccccc3-c3ccccc32)c([2H])c([2H])c1N(c1ccc(-c2ccccc2)cc1)c1cc2c(ccc3c4ccccc4oc23)cc1-c1nc2ccccc2o1. The third kappa shape index (κ3) is 5.46. The van der Waals surface area contributed by atoms with Gasteiger partial charge in [-0.15, -0.1) is 0 Å². The van der Waals surface area contributed by atoms with Crippen molar-refractivity contribution in [3.8, 4) is 33.7 Å². The van der Waals surface area contributed by atoms with Crippen molar-refractivity contribution in [2.45, 2.75) is 5.41 Å². The molecule has 0 saturated carbocycles. The highest BCUT2D eigenvalue weighted by molar-refractivity contribution is 6.16. The molecule has 12 aromatic rings. The Balaban J connectivity index is 1.14. The predicted molar refractivity (Wildman–Crippen MR) is 262 cm³/mol. The highest BCUT2D eigenvalue weighted by atomic mass is 16.3. The second kappa shape index (κ2) is 14.3. The summed E-state index contributed by atoms with van der Waals surface area (Å²) in [6, 6.07) is 67.4. The number of aromatic nitrogens is 1. The molecule has 4 heteroatoms. The second-order valence-corrected chi connectivity index (χ2v) is 16.3. The van der Waals surface area contributed by atoms with E-state index in [1.54, 1.807) is 0 Å². The molecule has 0 unspecified atom stereocenters. The van der Waals surface area contributed by atoms with Crippen LogP contribution in [0.5, 0.6) is 0 Å². The minimum atomic E-state index is -1.17. The van der Waals surface area contributed by atoms with E-state index in [-0.39, 0.29) is 35.4 Å². The van der Waals surface area contributed by atoms with Gasteiger partial charge in [-0.25, -0.2) is 4.98 Å². The molecule has 13 rings (SSSR count). The van der Waals surface area contributed by atoms with Crippen LogP contribution in [0.1, 0.15) is 27.7 Å².